The number of thioether (sulfide) groups is 1. The van der Waals surface area contributed by atoms with Crippen LogP contribution in [-0.4, -0.2) is 171 Å². The number of hydrogen-bond donors (Lipinski definition) is 11. The van der Waals surface area contributed by atoms with Gasteiger partial charge in [0.2, 0.25) is 28.7 Å². The van der Waals surface area contributed by atoms with Crippen molar-refractivity contribution in [2.45, 2.75) is 302 Å². The van der Waals surface area contributed by atoms with Crippen molar-refractivity contribution in [2.24, 2.45) is 57.8 Å². The molecule has 0 spiro atoms. The summed E-state index contributed by atoms with van der Waals surface area (Å²) in [6, 6.07) is 9.40. The maximum absolute atomic E-state index is 17.8. The van der Waals surface area contributed by atoms with Gasteiger partial charge in [-0.25, -0.2) is 18.4 Å². The van der Waals surface area contributed by atoms with Crippen molar-refractivity contribution < 1.29 is 99.9 Å². The molecule has 2 aromatic carbocycles. The van der Waals surface area contributed by atoms with E-state index in [0.29, 0.717) is 60.2 Å². The summed E-state index contributed by atoms with van der Waals surface area (Å²) in [5.74, 6) is 6.15. The smallest absolute Gasteiger partial charge is 0.328 e. The number of benzene rings is 2. The number of unbranched alkanes of at least 4 members (excludes halogenated alkanes) is 7. The number of allylic oxidation sites excluding steroid dienone is 4. The Hall–Kier alpha value is -8.19. The number of halogens is 2. The summed E-state index contributed by atoms with van der Waals surface area (Å²) in [7, 11) is -3.90. The van der Waals surface area contributed by atoms with Crippen molar-refractivity contribution in [3.8, 4) is 23.7 Å². The van der Waals surface area contributed by atoms with Crippen LogP contribution < -0.4 is 43.4 Å². The molecule has 0 aromatic heterocycles. The molecule has 27 nitrogen and oxygen atoms in total. The zero-order valence-electron chi connectivity index (χ0n) is 73.0. The highest BCUT2D eigenvalue weighted by molar-refractivity contribution is 8.13. The number of nitrogens with one attached hydrogen (secondary N) is 6. The summed E-state index contributed by atoms with van der Waals surface area (Å²) in [5, 5.41) is 36.8. The van der Waals surface area contributed by atoms with Gasteiger partial charge >= 0.3 is 25.6 Å². The second kappa shape index (κ2) is 49.6. The van der Waals surface area contributed by atoms with Gasteiger partial charge in [0.15, 0.2) is 28.6 Å². The maximum atomic E-state index is 17.8. The normalized spacial score (nSPS) is 25.3. The van der Waals surface area contributed by atoms with E-state index in [1.165, 1.54) is 19.1 Å². The lowest BCUT2D eigenvalue weighted by Gasteiger charge is -2.63. The number of aliphatic hydroxyl groups is 2. The Morgan fingerprint density at radius 2 is 1.26 bits per heavy atom. The number of aliphatic hydroxyl groups excluding tert-OH is 2. The van der Waals surface area contributed by atoms with E-state index >= 15 is 8.78 Å². The van der Waals surface area contributed by atoms with E-state index in [-0.39, 0.29) is 137 Å². The number of amides is 8. The Labute approximate surface area is 728 Å². The average molecular weight is 1760 g/mol. The number of ether oxygens (including phenoxy) is 3. The molecule has 123 heavy (non-hydrogen) atoms. The number of primary amides is 2. The molecule has 2 aromatic rings. The highest BCUT2D eigenvalue weighted by Gasteiger charge is 2.78. The van der Waals surface area contributed by atoms with Crippen molar-refractivity contribution in [3.63, 3.8) is 0 Å². The Bertz CT molecular complexity index is 4170. The van der Waals surface area contributed by atoms with Crippen LogP contribution in [-0.2, 0) is 86.1 Å². The number of rotatable bonds is 46. The van der Waals surface area contributed by atoms with Crippen LogP contribution in [0.2, 0.25) is 0 Å². The van der Waals surface area contributed by atoms with Gasteiger partial charge in [-0.05, 0) is 168 Å². The molecule has 0 heterocycles. The first-order chi connectivity index (χ1) is 58.5. The van der Waals surface area contributed by atoms with Crippen LogP contribution in [0.4, 0.5) is 24.1 Å². The molecule has 0 aliphatic heterocycles. The number of nitrogens with two attached hydrogens (primary N) is 2. The van der Waals surface area contributed by atoms with Gasteiger partial charge in [0.05, 0.1) is 25.4 Å². The van der Waals surface area contributed by atoms with Gasteiger partial charge in [0.25, 0.3) is 0 Å². The standard InChI is InChI=1S/C64H92F2N3O13PS.C28H41N5O6/c1-7-57(74)82-64(43(4)34-50-51-38-53(65)52-37-46(70)29-30-61(52,5)63(51,66)56(73)39-62(50,64)6)59(76)84-33-20-16-11-9-8-10-15-19-32-83(78,79)81-40-45-27-25-44(26-28-45)35-55(72)54(24-21-31-68-60(67)77)69-58(75)49(42(2)3)36-47(71)41-80-48-22-17-13-12-14-18-23-48;1-19(2)25(33-24(35)18-39-22-9-6-4-3-5-7-10-22)27(37)32-23(11-8-16-30-28(29)38)26(36)31-21-14-12-20(17-34)13-15-21/h25-30,37,42-43,48-51,53-54,56,73H,7-17,19-22,24,31-36,38-41H2,1-6H3,(H,69,75)(H,78,79)(H3,67,68,77);12-15,19,22-23,25,34H,3-6,8-9,11,16-18H2,1-2H3,(H,31,36)(H,32,37)(H,33,35)(H3,29,30,38)/t43-,48?,49+,50+,51+,53+,54?,56+,61+,62+,63+,64+;22?,23?,25-/m10/s1. The van der Waals surface area contributed by atoms with E-state index in [2.05, 4.69) is 55.6 Å². The summed E-state index contributed by atoms with van der Waals surface area (Å²) >= 11 is 1.09. The van der Waals surface area contributed by atoms with Crippen LogP contribution in [0.1, 0.15) is 245 Å². The topological polar surface area (TPSA) is 427 Å². The van der Waals surface area contributed by atoms with Crippen LogP contribution in [0.25, 0.3) is 0 Å². The van der Waals surface area contributed by atoms with Crippen LogP contribution in [0, 0.1) is 70.0 Å². The molecule has 13 N–H and O–H groups in total. The minimum absolute atomic E-state index is 0.00254. The molecule has 5 unspecified atom stereocenters. The number of alkyl halides is 2. The molecule has 8 rings (SSSR count). The molecule has 6 aliphatic rings. The zero-order chi connectivity index (χ0) is 90.1. The largest absolute Gasteiger partial charge is 0.449 e. The van der Waals surface area contributed by atoms with Crippen LogP contribution in [0.5, 0.6) is 0 Å². The predicted octanol–water partition coefficient (Wildman–Crippen LogP) is 12.2. The van der Waals surface area contributed by atoms with E-state index < -0.39 is 131 Å². The highest BCUT2D eigenvalue weighted by Crippen LogP contribution is 2.72. The minimum atomic E-state index is -3.90. The van der Waals surface area contributed by atoms with Crippen molar-refractivity contribution in [3.05, 3.63) is 89.0 Å². The third-order valence-electron chi connectivity index (χ3n) is 24.9. The Morgan fingerprint density at radius 1 is 0.691 bits per heavy atom. The first-order valence-electron chi connectivity index (χ1n) is 44.1. The van der Waals surface area contributed by atoms with Crippen molar-refractivity contribution in [2.75, 3.05) is 43.5 Å². The number of anilines is 1. The van der Waals surface area contributed by atoms with Crippen molar-refractivity contribution in [1.82, 2.24) is 26.6 Å². The molecule has 3 saturated carbocycles. The number of fused-ring (bicyclic) bond motifs is 5. The van der Waals surface area contributed by atoms with Gasteiger partial charge in [-0.1, -0.05) is 166 Å². The molecule has 16 atom stereocenters. The van der Waals surface area contributed by atoms with Gasteiger partial charge in [-0.2, -0.15) is 0 Å². The summed E-state index contributed by atoms with van der Waals surface area (Å²) < 4.78 is 70.1. The summed E-state index contributed by atoms with van der Waals surface area (Å²) in [6.07, 6.45) is 16.6. The fourth-order valence-electron chi connectivity index (χ4n) is 17.9. The highest BCUT2D eigenvalue weighted by atomic mass is 32.2. The molecule has 31 heteroatoms. The molecule has 680 valence electrons. The van der Waals surface area contributed by atoms with E-state index in [0.717, 1.165) is 121 Å². The molecule has 6 aliphatic carbocycles. The Kier molecular flexibility index (Phi) is 41.1. The molecule has 0 saturated heterocycles. The monoisotopic (exact) mass is 1750 g/mol. The zero-order valence-corrected chi connectivity index (χ0v) is 74.7. The third kappa shape index (κ3) is 29.7. The molecule has 0 bridgehead atoms. The quantitative estimate of drug-likeness (QED) is 0.0127. The van der Waals surface area contributed by atoms with Gasteiger partial charge in [-0.3, -0.25) is 47.7 Å². The predicted molar refractivity (Wildman–Crippen MR) is 466 cm³/mol. The summed E-state index contributed by atoms with van der Waals surface area (Å²) in [5.41, 5.74) is 6.11. The molecule has 3 fully saturated rings. The molecular formula is C92H133F2N8O19PS. The van der Waals surface area contributed by atoms with E-state index in [9.17, 15) is 72.4 Å². The van der Waals surface area contributed by atoms with Crippen molar-refractivity contribution in [1.29, 1.82) is 0 Å². The lowest BCUT2D eigenvalue weighted by atomic mass is 9.44. The number of carbonyl (C=O) groups excluding carboxylic acids is 11. The number of Topliss-reactive ketones (excluding diaryl/α,β-unsaturated/α-hetero) is 2. The number of hydrogen-bond acceptors (Lipinski definition) is 19. The average Bonchev–Trinajstić information content (AvgIpc) is 1.57. The van der Waals surface area contributed by atoms with Gasteiger partial charge < -0.3 is 77.2 Å². The van der Waals surface area contributed by atoms with Crippen LogP contribution in [0.15, 0.2) is 72.3 Å². The lowest BCUT2D eigenvalue weighted by Crippen LogP contribution is -2.70. The molecule has 0 radical (unpaired) electrons. The van der Waals surface area contributed by atoms with E-state index in [1.54, 1.807) is 76.2 Å². The van der Waals surface area contributed by atoms with E-state index in [1.807, 2.05) is 20.8 Å². The summed E-state index contributed by atoms with van der Waals surface area (Å²) in [6.45, 7) is 13.9. The molecule has 8 amide bonds. The van der Waals surface area contributed by atoms with Crippen LogP contribution >= 0.6 is 19.4 Å². The Morgan fingerprint density at radius 3 is 1.85 bits per heavy atom. The first-order valence-corrected chi connectivity index (χ1v) is 46.9. The first kappa shape index (κ1) is 102. The third-order valence-corrected chi connectivity index (χ3v) is 27.4. The SMILES string of the molecule is CC(C)[C@H](NC(=O)COC1C#CCCCCC1)C(=O)NC(CCCNC(N)=O)C(=O)Nc1ccc(CO)cc1.CCC(=O)O[C@]1(C(=O)SCCCCCCCCCCP(=O)(O)OCc2ccc(CC(=O)C(CCCNC(N)=O)NC(=O)[C@@H](CC(=O)COC3C#CCCCCC3)C(C)C)cc2)[C@H](C)C[C@H]2[C@@H]3C[C@H](F)C4=CC(=O)C=C[C@]4(C)[C@@]3(F)[C@@H](O)C[C@@]21C. The summed E-state index contributed by atoms with van der Waals surface area (Å²) in [4.78, 5) is 152. The maximum Gasteiger partial charge on any atom is 0.328 e. The van der Waals surface area contributed by atoms with Gasteiger partial charge in [-0.15, -0.1) is 11.8 Å². The Balaban J connectivity index is 0.000000445. The van der Waals surface area contributed by atoms with Crippen LogP contribution in [0.3, 0.4) is 0 Å². The van der Waals surface area contributed by atoms with Gasteiger partial charge in [0.1, 0.15) is 43.7 Å². The lowest BCUT2D eigenvalue weighted by molar-refractivity contribution is -0.228. The second-order valence-electron chi connectivity index (χ2n) is 34.8. The second-order valence-corrected chi connectivity index (χ2v) is 37.8. The fraction of sp³-hybridized carbons (Fsp3) is 0.663. The number of esters is 1. The number of carbonyl (C=O) groups is 11. The van der Waals surface area contributed by atoms with Gasteiger partial charge in [0, 0.05) is 91.4 Å². The van der Waals surface area contributed by atoms with Crippen molar-refractivity contribution >= 4 is 89.2 Å². The number of urea groups is 2. The molecular weight excluding hydrogens is 1620 g/mol. The minimum Gasteiger partial charge on any atom is -0.449 e. The van der Waals surface area contributed by atoms with E-state index in [4.69, 9.17) is 30.2 Å². The fourth-order valence-corrected chi connectivity index (χ4v) is 20.2. The number of ketones is 3.